The Balaban J connectivity index is 1.28. The molecule has 3 fully saturated rings. The number of nitrogens with one attached hydrogen (secondary N) is 1. The van der Waals surface area contributed by atoms with Crippen LogP contribution in [0.5, 0.6) is 0 Å². The van der Waals surface area contributed by atoms with Crippen LogP contribution in [0.25, 0.3) is 16.6 Å². The molecule has 0 unspecified atom stereocenters. The zero-order valence-corrected chi connectivity index (χ0v) is 26.0. The number of amides is 1. The number of aromatic nitrogens is 1. The van der Waals surface area contributed by atoms with Crippen LogP contribution in [0.2, 0.25) is 0 Å². The number of rotatable bonds is 4. The summed E-state index contributed by atoms with van der Waals surface area (Å²) in [5.74, 6) is 3.22. The van der Waals surface area contributed by atoms with Gasteiger partial charge in [-0.25, -0.2) is 19.0 Å². The molecule has 2 atom stereocenters. The number of nitrogens with zero attached hydrogens (tertiary/aromatic N) is 2. The van der Waals surface area contributed by atoms with Gasteiger partial charge in [-0.3, -0.25) is 4.79 Å². The number of hydrogen-bond donors (Lipinski definition) is 3. The average molecular weight is 626 g/mol. The number of aliphatic hydroxyl groups excluding tert-OH is 1. The van der Waals surface area contributed by atoms with Gasteiger partial charge in [-0.1, -0.05) is 6.92 Å². The molecule has 1 aromatic carbocycles. The lowest BCUT2D eigenvalue weighted by Gasteiger charge is -2.52. The molecule has 4 heterocycles. The quantitative estimate of drug-likeness (QED) is 0.432. The van der Waals surface area contributed by atoms with Crippen molar-refractivity contribution in [2.24, 2.45) is 10.8 Å². The zero-order valence-electron chi connectivity index (χ0n) is 26.0. The molecule has 7 aliphatic rings. The van der Waals surface area contributed by atoms with Gasteiger partial charge in [0, 0.05) is 40.2 Å². The summed E-state index contributed by atoms with van der Waals surface area (Å²) < 4.78 is 20.9. The third-order valence-corrected chi connectivity index (χ3v) is 12.2. The van der Waals surface area contributed by atoms with Crippen molar-refractivity contribution in [2.75, 3.05) is 13.2 Å². The predicted molar refractivity (Wildman–Crippen MR) is 165 cm³/mol. The van der Waals surface area contributed by atoms with Gasteiger partial charge in [0.15, 0.2) is 17.5 Å². The number of aryl methyl sites for hydroxylation is 1. The number of aliphatic hydroxyl groups is 2. The Morgan fingerprint density at radius 1 is 1.17 bits per heavy atom. The van der Waals surface area contributed by atoms with Gasteiger partial charge >= 0.3 is 0 Å². The SMILES string of the molecule is CC[C@@]1(O)C(=C=O)OCC2=C1C=C1c3nc4cc(F)c(C)c5c4c(c3CN1C2=C=O)[C@@H](NC(=O)C12CCC(CO)(CC1)CC2)CC5. The van der Waals surface area contributed by atoms with E-state index in [1.54, 1.807) is 30.8 Å². The molecular weight excluding hydrogens is 589 g/mol. The first kappa shape index (κ1) is 29.3. The van der Waals surface area contributed by atoms with Gasteiger partial charge in [-0.15, -0.1) is 0 Å². The predicted octanol–water partition coefficient (Wildman–Crippen LogP) is 4.19. The van der Waals surface area contributed by atoms with E-state index in [1.807, 2.05) is 0 Å². The molecule has 3 N–H and O–H groups in total. The van der Waals surface area contributed by atoms with Crippen LogP contribution in [0.4, 0.5) is 4.39 Å². The summed E-state index contributed by atoms with van der Waals surface area (Å²) in [5, 5.41) is 25.9. The highest BCUT2D eigenvalue weighted by molar-refractivity contribution is 5.95. The second-order valence-electron chi connectivity index (χ2n) is 14.1. The number of ether oxygens (including phenoxy) is 1. The lowest BCUT2D eigenvalue weighted by Crippen LogP contribution is -2.52. The topological polar surface area (TPSA) is 129 Å². The monoisotopic (exact) mass is 625 g/mol. The summed E-state index contributed by atoms with van der Waals surface area (Å²) in [6, 6.07) is 1.09. The molecule has 2 aromatic rings. The number of benzene rings is 1. The van der Waals surface area contributed by atoms with Crippen molar-refractivity contribution in [3.63, 3.8) is 0 Å². The van der Waals surface area contributed by atoms with Crippen molar-refractivity contribution in [3.05, 3.63) is 68.5 Å². The Kier molecular flexibility index (Phi) is 6.36. The Morgan fingerprint density at radius 2 is 1.91 bits per heavy atom. The molecule has 0 radical (unpaired) electrons. The van der Waals surface area contributed by atoms with Crippen LogP contribution in [-0.2, 0) is 32.1 Å². The van der Waals surface area contributed by atoms with E-state index >= 15 is 4.39 Å². The molecule has 9 rings (SSSR count). The average Bonchev–Trinajstić information content (AvgIpc) is 3.45. The van der Waals surface area contributed by atoms with E-state index in [-0.39, 0.29) is 60.8 Å². The fourth-order valence-electron chi connectivity index (χ4n) is 9.15. The molecule has 1 aromatic heterocycles. The van der Waals surface area contributed by atoms with Gasteiger partial charge in [0.05, 0.1) is 29.5 Å². The highest BCUT2D eigenvalue weighted by Gasteiger charge is 2.53. The third kappa shape index (κ3) is 3.76. The van der Waals surface area contributed by atoms with Gasteiger partial charge in [0.2, 0.25) is 11.7 Å². The minimum absolute atomic E-state index is 0.0311. The van der Waals surface area contributed by atoms with Crippen molar-refractivity contribution < 1.29 is 33.7 Å². The molecule has 2 bridgehead atoms. The number of halogens is 1. The Morgan fingerprint density at radius 3 is 2.57 bits per heavy atom. The lowest BCUT2D eigenvalue weighted by molar-refractivity contribution is -0.143. The first-order valence-corrected chi connectivity index (χ1v) is 16.3. The van der Waals surface area contributed by atoms with Crippen molar-refractivity contribution in [2.45, 2.75) is 89.8 Å². The van der Waals surface area contributed by atoms with Crippen LogP contribution in [0, 0.1) is 23.6 Å². The van der Waals surface area contributed by atoms with Gasteiger partial charge < -0.3 is 25.2 Å². The van der Waals surface area contributed by atoms with Crippen molar-refractivity contribution >= 4 is 34.4 Å². The molecule has 1 amide bonds. The summed E-state index contributed by atoms with van der Waals surface area (Å²) in [6.07, 6.45) is 7.81. The summed E-state index contributed by atoms with van der Waals surface area (Å²) in [5.41, 5.74) is 3.40. The highest BCUT2D eigenvalue weighted by Crippen LogP contribution is 2.57. The normalized spacial score (nSPS) is 30.7. The van der Waals surface area contributed by atoms with Gasteiger partial charge in [0.25, 0.3) is 0 Å². The van der Waals surface area contributed by atoms with E-state index < -0.39 is 11.0 Å². The minimum atomic E-state index is -1.79. The molecule has 238 valence electrons. The standard InChI is InChI=1S/C36H36FN3O6/c1-3-36(45)23-12-27-32-21(14-40(27)28(15-41)22(23)17-46-29(36)16-42)31-25(5-4-20-19(2)24(37)13-26(38-32)30(20)31)39-33(44)35-9-6-34(18-43,7-10-35)8-11-35/h12-13,25,43,45H,3-11,14,17-18H2,1-2H3,(H,39,44)/t25-,34?,35?,36-/m0/s1. The molecule has 3 aliphatic heterocycles. The van der Waals surface area contributed by atoms with E-state index in [0.29, 0.717) is 46.5 Å². The van der Waals surface area contributed by atoms with E-state index in [1.165, 1.54) is 6.07 Å². The molecular formula is C36H36FN3O6. The number of carbonyl (C=O) groups excluding carboxylic acids is 3. The zero-order chi connectivity index (χ0) is 32.2. The van der Waals surface area contributed by atoms with Gasteiger partial charge in [0.1, 0.15) is 18.1 Å². The fraction of sp³-hybridized carbons (Fsp3) is 0.500. The molecule has 10 heteroatoms. The molecule has 46 heavy (non-hydrogen) atoms. The Hall–Kier alpha value is -4.07. The third-order valence-electron chi connectivity index (χ3n) is 12.2. The Labute approximate surface area is 265 Å². The van der Waals surface area contributed by atoms with E-state index in [0.717, 1.165) is 60.6 Å². The summed E-state index contributed by atoms with van der Waals surface area (Å²) in [4.78, 5) is 45.3. The molecule has 9 nitrogen and oxygen atoms in total. The van der Waals surface area contributed by atoms with E-state index in [4.69, 9.17) is 9.72 Å². The van der Waals surface area contributed by atoms with E-state index in [2.05, 4.69) is 11.3 Å². The maximum absolute atomic E-state index is 15.3. The maximum atomic E-state index is 15.3. The molecule has 0 saturated heterocycles. The molecule has 4 aliphatic carbocycles. The summed E-state index contributed by atoms with van der Waals surface area (Å²) in [7, 11) is 0. The lowest BCUT2D eigenvalue weighted by atomic mass is 9.53. The second kappa shape index (κ2) is 9.96. The maximum Gasteiger partial charge on any atom is 0.226 e. The van der Waals surface area contributed by atoms with Crippen molar-refractivity contribution in [1.29, 1.82) is 0 Å². The van der Waals surface area contributed by atoms with Crippen molar-refractivity contribution in [1.82, 2.24) is 15.2 Å². The summed E-state index contributed by atoms with van der Waals surface area (Å²) in [6.45, 7) is 3.83. The van der Waals surface area contributed by atoms with Crippen molar-refractivity contribution in [3.8, 4) is 0 Å². The van der Waals surface area contributed by atoms with Crippen LogP contribution in [0.1, 0.15) is 92.3 Å². The van der Waals surface area contributed by atoms with E-state index in [9.17, 15) is 24.6 Å². The highest BCUT2D eigenvalue weighted by atomic mass is 19.1. The van der Waals surface area contributed by atoms with Crippen LogP contribution in [0.15, 0.2) is 34.7 Å². The minimum Gasteiger partial charge on any atom is -0.479 e. The number of fused-ring (bicyclic) bond motifs is 7. The fourth-order valence-corrected chi connectivity index (χ4v) is 9.15. The van der Waals surface area contributed by atoms with Crippen LogP contribution < -0.4 is 5.32 Å². The van der Waals surface area contributed by atoms with Crippen LogP contribution in [0.3, 0.4) is 0 Å². The largest absolute Gasteiger partial charge is 0.479 e. The summed E-state index contributed by atoms with van der Waals surface area (Å²) >= 11 is 0. The van der Waals surface area contributed by atoms with Crippen LogP contribution >= 0.6 is 0 Å². The smallest absolute Gasteiger partial charge is 0.226 e. The molecule has 0 spiro atoms. The number of pyridine rings is 1. The Bertz CT molecular complexity index is 1910. The first-order valence-electron chi connectivity index (χ1n) is 16.3. The van der Waals surface area contributed by atoms with Crippen LogP contribution in [-0.4, -0.2) is 56.7 Å². The number of carbonyl (C=O) groups is 1. The van der Waals surface area contributed by atoms with Gasteiger partial charge in [-0.2, -0.15) is 0 Å². The first-order chi connectivity index (χ1) is 22.1. The number of hydrogen-bond acceptors (Lipinski definition) is 8. The van der Waals surface area contributed by atoms with Gasteiger partial charge in [-0.05, 0) is 92.9 Å². The molecule has 3 saturated carbocycles. The second-order valence-corrected chi connectivity index (χ2v) is 14.1.